The average Bonchev–Trinajstić information content (AvgIpc) is 2.80. The molecule has 4 rings (SSSR count). The fraction of sp³-hybridized carbons (Fsp3) is 0.375. The number of aromatic nitrogens is 3. The van der Waals surface area contributed by atoms with Crippen molar-refractivity contribution in [3.05, 3.63) is 71.5 Å². The van der Waals surface area contributed by atoms with Gasteiger partial charge < -0.3 is 10.4 Å². The van der Waals surface area contributed by atoms with E-state index < -0.39 is 0 Å². The molecule has 0 amide bonds. The SMILES string of the molecule is CCc1cc(NCc2ccccc2CN2CCC(O)CC2)nc(-c2ccccn2)n1. The van der Waals surface area contributed by atoms with Gasteiger partial charge in [0.2, 0.25) is 0 Å². The van der Waals surface area contributed by atoms with Crippen molar-refractivity contribution in [1.29, 1.82) is 0 Å². The van der Waals surface area contributed by atoms with Gasteiger partial charge in [0, 0.05) is 44.1 Å². The minimum atomic E-state index is -0.142. The van der Waals surface area contributed by atoms with Gasteiger partial charge in [0.05, 0.1) is 6.10 Å². The van der Waals surface area contributed by atoms with E-state index in [2.05, 4.69) is 51.4 Å². The van der Waals surface area contributed by atoms with Crippen LogP contribution in [-0.4, -0.2) is 44.2 Å². The molecule has 0 radical (unpaired) electrons. The molecular weight excluding hydrogens is 374 g/mol. The summed E-state index contributed by atoms with van der Waals surface area (Å²) < 4.78 is 0. The number of hydrogen-bond acceptors (Lipinski definition) is 6. The molecule has 6 heteroatoms. The lowest BCUT2D eigenvalue weighted by atomic mass is 10.0. The molecule has 6 nitrogen and oxygen atoms in total. The van der Waals surface area contributed by atoms with Gasteiger partial charge >= 0.3 is 0 Å². The zero-order chi connectivity index (χ0) is 20.8. The molecule has 3 heterocycles. The highest BCUT2D eigenvalue weighted by Crippen LogP contribution is 2.20. The van der Waals surface area contributed by atoms with Crippen molar-refractivity contribution in [3.8, 4) is 11.5 Å². The van der Waals surface area contributed by atoms with Crippen LogP contribution in [0.1, 0.15) is 36.6 Å². The van der Waals surface area contributed by atoms with Gasteiger partial charge in [0.1, 0.15) is 11.5 Å². The van der Waals surface area contributed by atoms with Gasteiger partial charge in [0.15, 0.2) is 5.82 Å². The average molecular weight is 404 g/mol. The van der Waals surface area contributed by atoms with Crippen molar-refractivity contribution in [2.75, 3.05) is 18.4 Å². The van der Waals surface area contributed by atoms with Crippen molar-refractivity contribution in [2.45, 2.75) is 45.4 Å². The first-order chi connectivity index (χ1) is 14.7. The number of hydrogen-bond donors (Lipinski definition) is 2. The van der Waals surface area contributed by atoms with E-state index in [-0.39, 0.29) is 6.10 Å². The summed E-state index contributed by atoms with van der Waals surface area (Å²) >= 11 is 0. The highest BCUT2D eigenvalue weighted by Gasteiger charge is 2.18. The van der Waals surface area contributed by atoms with E-state index in [9.17, 15) is 5.11 Å². The molecule has 1 aromatic carbocycles. The third kappa shape index (κ3) is 5.20. The number of aliphatic hydroxyl groups is 1. The van der Waals surface area contributed by atoms with Crippen molar-refractivity contribution in [2.24, 2.45) is 0 Å². The van der Waals surface area contributed by atoms with E-state index in [0.29, 0.717) is 12.4 Å². The van der Waals surface area contributed by atoms with E-state index >= 15 is 0 Å². The van der Waals surface area contributed by atoms with Crippen LogP contribution in [0.25, 0.3) is 11.5 Å². The van der Waals surface area contributed by atoms with Crippen LogP contribution >= 0.6 is 0 Å². The normalized spacial score (nSPS) is 15.3. The second-order valence-electron chi connectivity index (χ2n) is 7.77. The molecular formula is C24H29N5O. The largest absolute Gasteiger partial charge is 0.393 e. The summed E-state index contributed by atoms with van der Waals surface area (Å²) in [5, 5.41) is 13.2. The number of aliphatic hydroxyl groups excluding tert-OH is 1. The summed E-state index contributed by atoms with van der Waals surface area (Å²) in [5.74, 6) is 1.47. The second-order valence-corrected chi connectivity index (χ2v) is 7.77. The summed E-state index contributed by atoms with van der Waals surface area (Å²) in [5.41, 5.74) is 4.35. The fourth-order valence-electron chi connectivity index (χ4n) is 3.77. The summed E-state index contributed by atoms with van der Waals surface area (Å²) in [6.07, 6.45) is 4.18. The predicted octanol–water partition coefficient (Wildman–Crippen LogP) is 3.67. The molecule has 1 aliphatic rings. The van der Waals surface area contributed by atoms with Gasteiger partial charge in [-0.05, 0) is 42.5 Å². The second kappa shape index (κ2) is 9.78. The molecule has 0 atom stereocenters. The van der Waals surface area contributed by atoms with Gasteiger partial charge in [0.25, 0.3) is 0 Å². The van der Waals surface area contributed by atoms with Gasteiger partial charge in [-0.25, -0.2) is 9.97 Å². The molecule has 30 heavy (non-hydrogen) atoms. The van der Waals surface area contributed by atoms with Crippen LogP contribution in [0, 0.1) is 0 Å². The van der Waals surface area contributed by atoms with Crippen LogP contribution < -0.4 is 5.32 Å². The predicted molar refractivity (Wildman–Crippen MR) is 119 cm³/mol. The van der Waals surface area contributed by atoms with Crippen LogP contribution in [0.4, 0.5) is 5.82 Å². The van der Waals surface area contributed by atoms with Gasteiger partial charge in [-0.1, -0.05) is 37.3 Å². The Morgan fingerprint density at radius 2 is 1.80 bits per heavy atom. The maximum Gasteiger partial charge on any atom is 0.180 e. The molecule has 0 spiro atoms. The number of aryl methyl sites for hydroxylation is 1. The molecule has 0 aliphatic carbocycles. The molecule has 0 unspecified atom stereocenters. The molecule has 0 bridgehead atoms. The van der Waals surface area contributed by atoms with Crippen molar-refractivity contribution in [1.82, 2.24) is 19.9 Å². The summed E-state index contributed by atoms with van der Waals surface area (Å²) in [6.45, 7) is 5.60. The Bertz CT molecular complexity index is 955. The first-order valence-corrected chi connectivity index (χ1v) is 10.7. The Morgan fingerprint density at radius 3 is 2.53 bits per heavy atom. The highest BCUT2D eigenvalue weighted by atomic mass is 16.3. The Balaban J connectivity index is 1.48. The summed E-state index contributed by atoms with van der Waals surface area (Å²) in [7, 11) is 0. The first-order valence-electron chi connectivity index (χ1n) is 10.7. The minimum absolute atomic E-state index is 0.142. The van der Waals surface area contributed by atoms with E-state index in [1.165, 1.54) is 11.1 Å². The van der Waals surface area contributed by atoms with Crippen molar-refractivity contribution >= 4 is 5.82 Å². The summed E-state index contributed by atoms with van der Waals surface area (Å²) in [4.78, 5) is 16.1. The minimum Gasteiger partial charge on any atom is -0.393 e. The molecule has 1 aliphatic heterocycles. The third-order valence-electron chi connectivity index (χ3n) is 5.56. The van der Waals surface area contributed by atoms with Crippen LogP contribution in [0.3, 0.4) is 0 Å². The van der Waals surface area contributed by atoms with Gasteiger partial charge in [-0.2, -0.15) is 0 Å². The Labute approximate surface area is 178 Å². The van der Waals surface area contributed by atoms with Crippen LogP contribution in [0.5, 0.6) is 0 Å². The zero-order valence-corrected chi connectivity index (χ0v) is 17.5. The standard InChI is InChI=1S/C24H29N5O/c1-2-20-15-23(28-24(27-20)22-9-5-6-12-25-22)26-16-18-7-3-4-8-19(18)17-29-13-10-21(30)11-14-29/h3-9,12,15,21,30H,2,10-11,13-14,16-17H2,1H3,(H,26,27,28). The topological polar surface area (TPSA) is 74.2 Å². The zero-order valence-electron chi connectivity index (χ0n) is 17.5. The van der Waals surface area contributed by atoms with Crippen LogP contribution in [0.2, 0.25) is 0 Å². The molecule has 3 aromatic rings. The highest BCUT2D eigenvalue weighted by molar-refractivity contribution is 5.53. The lowest BCUT2D eigenvalue weighted by molar-refractivity contribution is 0.0791. The quantitative estimate of drug-likeness (QED) is 0.627. The number of anilines is 1. The molecule has 2 N–H and O–H groups in total. The number of benzene rings is 1. The number of rotatable bonds is 7. The third-order valence-corrected chi connectivity index (χ3v) is 5.56. The van der Waals surface area contributed by atoms with Crippen LogP contribution in [0.15, 0.2) is 54.7 Å². The molecule has 1 saturated heterocycles. The van der Waals surface area contributed by atoms with Crippen molar-refractivity contribution < 1.29 is 5.11 Å². The molecule has 1 fully saturated rings. The van der Waals surface area contributed by atoms with E-state index in [1.54, 1.807) is 6.20 Å². The van der Waals surface area contributed by atoms with Crippen LogP contribution in [-0.2, 0) is 19.5 Å². The maximum absolute atomic E-state index is 9.75. The molecule has 156 valence electrons. The Morgan fingerprint density at radius 1 is 1.03 bits per heavy atom. The van der Waals surface area contributed by atoms with E-state index in [0.717, 1.165) is 56.1 Å². The Kier molecular flexibility index (Phi) is 6.67. The fourth-order valence-corrected chi connectivity index (χ4v) is 3.77. The number of likely N-dealkylation sites (tertiary alicyclic amines) is 1. The Hall–Kier alpha value is -2.83. The van der Waals surface area contributed by atoms with E-state index in [1.807, 2.05) is 24.3 Å². The number of nitrogens with one attached hydrogen (secondary N) is 1. The van der Waals surface area contributed by atoms with Gasteiger partial charge in [-0.15, -0.1) is 0 Å². The monoisotopic (exact) mass is 403 g/mol. The number of piperidine rings is 1. The van der Waals surface area contributed by atoms with Crippen molar-refractivity contribution in [3.63, 3.8) is 0 Å². The van der Waals surface area contributed by atoms with E-state index in [4.69, 9.17) is 4.98 Å². The lowest BCUT2D eigenvalue weighted by Crippen LogP contribution is -2.35. The lowest BCUT2D eigenvalue weighted by Gasteiger charge is -2.30. The maximum atomic E-state index is 9.75. The smallest absolute Gasteiger partial charge is 0.180 e. The summed E-state index contributed by atoms with van der Waals surface area (Å²) in [6, 6.07) is 16.3. The molecule has 0 saturated carbocycles. The number of nitrogens with zero attached hydrogens (tertiary/aromatic N) is 4. The molecule has 2 aromatic heterocycles. The van der Waals surface area contributed by atoms with Gasteiger partial charge in [-0.3, -0.25) is 9.88 Å². The number of pyridine rings is 1. The first kappa shape index (κ1) is 20.4.